The van der Waals surface area contributed by atoms with Gasteiger partial charge in [-0.1, -0.05) is 11.8 Å². The summed E-state index contributed by atoms with van der Waals surface area (Å²) in [7, 11) is -3.33. The molecule has 0 aliphatic rings. The smallest absolute Gasteiger partial charge is 0.327 e. The maximum Gasteiger partial charge on any atom is 0.327 e. The molecule has 1 amide bonds. The van der Waals surface area contributed by atoms with E-state index in [0.717, 1.165) is 6.26 Å². The lowest BCUT2D eigenvalue weighted by atomic mass is 10.1. The molecule has 0 radical (unpaired) electrons. The second kappa shape index (κ2) is 10.3. The van der Waals surface area contributed by atoms with E-state index >= 15 is 0 Å². The molecule has 0 aliphatic carbocycles. The predicted molar refractivity (Wildman–Crippen MR) is 118 cm³/mol. The Morgan fingerprint density at radius 2 is 1.45 bits per heavy atom. The summed E-state index contributed by atoms with van der Waals surface area (Å²) in [6.07, 6.45) is 1.07. The summed E-state index contributed by atoms with van der Waals surface area (Å²) >= 11 is 0. The monoisotopic (exact) mass is 439 g/mol. The average Bonchev–Trinajstić information content (AvgIpc) is 2.69. The van der Waals surface area contributed by atoms with E-state index < -0.39 is 34.0 Å². The summed E-state index contributed by atoms with van der Waals surface area (Å²) in [5, 5.41) is 11.5. The lowest BCUT2D eigenvalue weighted by Crippen LogP contribution is -2.51. The summed E-state index contributed by atoms with van der Waals surface area (Å²) in [6, 6.07) is 10.9. The third-order valence-electron chi connectivity index (χ3n) is 3.89. The normalized spacial score (nSPS) is 12.2. The van der Waals surface area contributed by atoms with Gasteiger partial charge in [-0.15, -0.1) is 0 Å². The Morgan fingerprint density at radius 1 is 0.968 bits per heavy atom. The van der Waals surface area contributed by atoms with Gasteiger partial charge >= 0.3 is 5.97 Å². The molecule has 0 bridgehead atoms. The number of nitrogens with two attached hydrogens (primary N) is 1. The van der Waals surface area contributed by atoms with Crippen LogP contribution in [0.25, 0.3) is 0 Å². The number of carboxylic acids is 1. The number of amides is 1. The first-order valence-corrected chi connectivity index (χ1v) is 10.9. The third-order valence-corrected chi connectivity index (χ3v) is 4.50. The van der Waals surface area contributed by atoms with Crippen molar-refractivity contribution < 1.29 is 23.1 Å². The molecule has 2 aromatic carbocycles. The van der Waals surface area contributed by atoms with Gasteiger partial charge in [-0.05, 0) is 67.3 Å². The van der Waals surface area contributed by atoms with Crippen LogP contribution in [0.5, 0.6) is 0 Å². The van der Waals surface area contributed by atoms with E-state index in [-0.39, 0.29) is 5.56 Å². The van der Waals surface area contributed by atoms with Gasteiger partial charge < -0.3 is 16.2 Å². The maximum atomic E-state index is 12.2. The number of hydrogen-bond donors (Lipinski definition) is 4. The molecule has 0 aromatic heterocycles. The largest absolute Gasteiger partial charge is 0.480 e. The molecule has 2 aromatic rings. The summed E-state index contributed by atoms with van der Waals surface area (Å²) in [4.78, 5) is 23.3. The first-order chi connectivity index (χ1) is 14.5. The SMILES string of the molecule is C[C@@H](N)[C@H](NC(=O)c1ccc(C#CC#Cc2ccc(NS(C)(=O)=O)cc2)cc1)C(=O)O. The molecule has 9 heteroatoms. The molecule has 0 saturated heterocycles. The number of hydrogen-bond acceptors (Lipinski definition) is 5. The molecule has 2 atom stereocenters. The van der Waals surface area contributed by atoms with E-state index in [2.05, 4.69) is 33.7 Å². The summed E-state index contributed by atoms with van der Waals surface area (Å²) < 4.78 is 24.7. The summed E-state index contributed by atoms with van der Waals surface area (Å²) in [5.74, 6) is 9.33. The van der Waals surface area contributed by atoms with Gasteiger partial charge in [0.2, 0.25) is 10.0 Å². The number of anilines is 1. The van der Waals surface area contributed by atoms with Crippen molar-refractivity contribution in [3.63, 3.8) is 0 Å². The molecule has 0 fully saturated rings. The van der Waals surface area contributed by atoms with Crippen molar-refractivity contribution >= 4 is 27.6 Å². The Kier molecular flexibility index (Phi) is 7.81. The number of carbonyl (C=O) groups is 2. The fourth-order valence-electron chi connectivity index (χ4n) is 2.39. The van der Waals surface area contributed by atoms with Crippen LogP contribution in [0.3, 0.4) is 0 Å². The van der Waals surface area contributed by atoms with Crippen molar-refractivity contribution in [1.82, 2.24) is 5.32 Å². The van der Waals surface area contributed by atoms with Crippen LogP contribution in [0, 0.1) is 23.7 Å². The molecular formula is C22H21N3O5S. The molecule has 2 rings (SSSR count). The Hall–Kier alpha value is -3.79. The van der Waals surface area contributed by atoms with E-state index in [9.17, 15) is 18.0 Å². The Labute approximate surface area is 180 Å². The van der Waals surface area contributed by atoms with Crippen molar-refractivity contribution in [1.29, 1.82) is 0 Å². The number of benzene rings is 2. The first kappa shape index (κ1) is 23.5. The van der Waals surface area contributed by atoms with E-state index in [1.807, 2.05) is 0 Å². The standard InChI is InChI=1S/C22H21N3O5S/c1-15(23)20(22(27)28)24-21(26)18-11-7-16(8-12-18)5-3-4-6-17-9-13-19(14-10-17)25-31(2,29)30/h7-15,20,25H,23H2,1-2H3,(H,24,26)(H,27,28)/t15-,20+/m1/s1. The lowest BCUT2D eigenvalue weighted by molar-refractivity contribution is -0.139. The van der Waals surface area contributed by atoms with E-state index in [4.69, 9.17) is 10.8 Å². The second-order valence-electron chi connectivity index (χ2n) is 6.68. The van der Waals surface area contributed by atoms with E-state index in [1.54, 1.807) is 36.4 Å². The van der Waals surface area contributed by atoms with Gasteiger partial charge in [-0.25, -0.2) is 13.2 Å². The number of carbonyl (C=O) groups excluding carboxylic acids is 1. The van der Waals surface area contributed by atoms with Gasteiger partial charge in [-0.3, -0.25) is 9.52 Å². The lowest BCUT2D eigenvalue weighted by Gasteiger charge is -2.17. The van der Waals surface area contributed by atoms with Gasteiger partial charge in [0.25, 0.3) is 5.91 Å². The highest BCUT2D eigenvalue weighted by Gasteiger charge is 2.24. The zero-order valence-corrected chi connectivity index (χ0v) is 17.7. The first-order valence-electron chi connectivity index (χ1n) is 9.04. The van der Waals surface area contributed by atoms with Crippen molar-refractivity contribution in [3.8, 4) is 23.7 Å². The number of nitrogens with one attached hydrogen (secondary N) is 2. The minimum absolute atomic E-state index is 0.284. The molecular weight excluding hydrogens is 418 g/mol. The van der Waals surface area contributed by atoms with Crippen LogP contribution in [0.4, 0.5) is 5.69 Å². The van der Waals surface area contributed by atoms with Crippen molar-refractivity contribution in [2.24, 2.45) is 5.73 Å². The number of sulfonamides is 1. The molecule has 0 unspecified atom stereocenters. The van der Waals surface area contributed by atoms with E-state index in [0.29, 0.717) is 16.8 Å². The van der Waals surface area contributed by atoms with E-state index in [1.165, 1.54) is 19.1 Å². The van der Waals surface area contributed by atoms with Crippen LogP contribution >= 0.6 is 0 Å². The van der Waals surface area contributed by atoms with Crippen molar-refractivity contribution in [2.75, 3.05) is 11.0 Å². The molecule has 0 spiro atoms. The highest BCUT2D eigenvalue weighted by molar-refractivity contribution is 7.92. The van der Waals surface area contributed by atoms with Gasteiger partial charge in [0.1, 0.15) is 6.04 Å². The number of aliphatic carboxylic acids is 1. The highest BCUT2D eigenvalue weighted by atomic mass is 32.2. The van der Waals surface area contributed by atoms with Crippen LogP contribution in [0.15, 0.2) is 48.5 Å². The molecule has 5 N–H and O–H groups in total. The molecule has 0 aliphatic heterocycles. The van der Waals surface area contributed by atoms with Crippen molar-refractivity contribution in [2.45, 2.75) is 19.0 Å². The predicted octanol–water partition coefficient (Wildman–Crippen LogP) is 0.991. The van der Waals surface area contributed by atoms with Gasteiger partial charge in [0.05, 0.1) is 6.26 Å². The van der Waals surface area contributed by atoms with Crippen LogP contribution in [-0.2, 0) is 14.8 Å². The van der Waals surface area contributed by atoms with Crippen LogP contribution in [0.1, 0.15) is 28.4 Å². The zero-order valence-electron chi connectivity index (χ0n) is 16.8. The zero-order chi connectivity index (χ0) is 23.0. The average molecular weight is 439 g/mol. The van der Waals surface area contributed by atoms with Crippen molar-refractivity contribution in [3.05, 3.63) is 65.2 Å². The van der Waals surface area contributed by atoms with Gasteiger partial charge in [-0.2, -0.15) is 0 Å². The highest BCUT2D eigenvalue weighted by Crippen LogP contribution is 2.10. The van der Waals surface area contributed by atoms with Crippen LogP contribution < -0.4 is 15.8 Å². The topological polar surface area (TPSA) is 139 Å². The third kappa shape index (κ3) is 7.86. The fraction of sp³-hybridized carbons (Fsp3) is 0.182. The second-order valence-corrected chi connectivity index (χ2v) is 8.43. The van der Waals surface area contributed by atoms with Gasteiger partial charge in [0, 0.05) is 28.4 Å². The number of rotatable bonds is 6. The van der Waals surface area contributed by atoms with Gasteiger partial charge in [0.15, 0.2) is 0 Å². The molecule has 0 heterocycles. The summed E-state index contributed by atoms with van der Waals surface area (Å²) in [6.45, 7) is 1.50. The quantitative estimate of drug-likeness (QED) is 0.495. The van der Waals surface area contributed by atoms with Crippen LogP contribution in [0.2, 0.25) is 0 Å². The fourth-order valence-corrected chi connectivity index (χ4v) is 2.95. The number of carboxylic acid groups (broad SMARTS) is 1. The minimum Gasteiger partial charge on any atom is -0.480 e. The minimum atomic E-state index is -3.33. The molecule has 8 nitrogen and oxygen atoms in total. The molecule has 31 heavy (non-hydrogen) atoms. The Balaban J connectivity index is 2.01. The molecule has 160 valence electrons. The summed E-state index contributed by atoms with van der Waals surface area (Å²) in [5.41, 5.74) is 7.60. The molecule has 0 saturated carbocycles. The maximum absolute atomic E-state index is 12.2. The Morgan fingerprint density at radius 3 is 1.87 bits per heavy atom. The van der Waals surface area contributed by atoms with Crippen LogP contribution in [-0.4, -0.2) is 43.7 Å². The Bertz CT molecular complexity index is 1180.